The van der Waals surface area contributed by atoms with E-state index in [-0.39, 0.29) is 91.2 Å². The van der Waals surface area contributed by atoms with Crippen LogP contribution in [0.1, 0.15) is 13.8 Å². The molecule has 94 valence electrons. The quantitative estimate of drug-likeness (QED) is 0.387. The van der Waals surface area contributed by atoms with Crippen LogP contribution in [0.4, 0.5) is 0 Å². The Balaban J connectivity index is 0. The van der Waals surface area contributed by atoms with Crippen LogP contribution in [0.15, 0.2) is 20.0 Å². The number of hydrogen-bond acceptors (Lipinski definition) is 4. The Kier molecular flexibility index (Phi) is 10.2. The van der Waals surface area contributed by atoms with Crippen LogP contribution in [0, 0.1) is 14.9 Å². The van der Waals surface area contributed by atoms with E-state index in [0.717, 1.165) is 11.2 Å². The van der Waals surface area contributed by atoms with Crippen molar-refractivity contribution < 1.29 is 65.4 Å². The van der Waals surface area contributed by atoms with E-state index in [4.69, 9.17) is 0 Å². The van der Waals surface area contributed by atoms with Gasteiger partial charge in [0.05, 0.1) is 0 Å². The minimum Gasteiger partial charge on any atom is -0.502 e. The van der Waals surface area contributed by atoms with E-state index < -0.39 is 0 Å². The fourth-order valence-corrected chi connectivity index (χ4v) is 1.83. The third-order valence-electron chi connectivity index (χ3n) is 2.59. The van der Waals surface area contributed by atoms with Gasteiger partial charge in [0.25, 0.3) is 0 Å². The fourth-order valence-electron chi connectivity index (χ4n) is 1.83. The summed E-state index contributed by atoms with van der Waals surface area (Å²) >= 11 is 0. The van der Waals surface area contributed by atoms with E-state index in [0.29, 0.717) is 0 Å². The first-order chi connectivity index (χ1) is 7.62. The normalized spacial score (nSPS) is 31.1. The average Bonchev–Trinajstić information content (AvgIpc) is 2.02. The van der Waals surface area contributed by atoms with Gasteiger partial charge in [-0.15, -0.1) is 0 Å². The molecule has 0 aromatic carbocycles. The Morgan fingerprint density at radius 2 is 1.05 bits per heavy atom. The SMILES string of the molecule is CC1=NC2([B][C-]=N2)[B]1.CC1=NC2([B][C-]=N2)[B]1.[CH3-].[CH3-].[Y].[Y]. The van der Waals surface area contributed by atoms with Gasteiger partial charge in [0, 0.05) is 76.3 Å². The molecule has 2 atom stereocenters. The van der Waals surface area contributed by atoms with Crippen molar-refractivity contribution in [1.29, 1.82) is 0 Å². The topological polar surface area (TPSA) is 49.4 Å². The summed E-state index contributed by atoms with van der Waals surface area (Å²) in [6.45, 7) is 3.93. The van der Waals surface area contributed by atoms with E-state index in [1.807, 2.05) is 43.0 Å². The van der Waals surface area contributed by atoms with Crippen molar-refractivity contribution in [3.8, 4) is 0 Å². The Labute approximate surface area is 175 Å². The van der Waals surface area contributed by atoms with E-state index in [2.05, 4.69) is 32.2 Å². The van der Waals surface area contributed by atoms with E-state index in [9.17, 15) is 0 Å². The summed E-state index contributed by atoms with van der Waals surface area (Å²) in [6, 6.07) is 0. The summed E-state index contributed by atoms with van der Waals surface area (Å²) in [6.07, 6.45) is 5.37. The Morgan fingerprint density at radius 3 is 1.10 bits per heavy atom. The minimum atomic E-state index is -0.232. The van der Waals surface area contributed by atoms with Crippen molar-refractivity contribution in [3.05, 3.63) is 14.9 Å². The van der Waals surface area contributed by atoms with Crippen molar-refractivity contribution in [2.24, 2.45) is 20.0 Å². The molecule has 6 radical (unpaired) electrons. The van der Waals surface area contributed by atoms with Crippen molar-refractivity contribution in [3.63, 3.8) is 0 Å². The molecule has 4 heterocycles. The summed E-state index contributed by atoms with van der Waals surface area (Å²) in [5.41, 5.74) is 1.69. The number of hydrogen-bond donors (Lipinski definition) is 0. The molecule has 0 bridgehead atoms. The molecular formula is C10H12B4N4Y2-4. The Hall–Kier alpha value is 1.15. The maximum Gasteiger partial charge on any atom is 0.216 e. The molecule has 4 nitrogen and oxygen atoms in total. The van der Waals surface area contributed by atoms with Gasteiger partial charge in [0.1, 0.15) is 0 Å². The number of rotatable bonds is 0. The van der Waals surface area contributed by atoms with Gasteiger partial charge in [-0.1, -0.05) is 0 Å². The molecule has 2 spiro atoms. The molecule has 4 aliphatic heterocycles. The van der Waals surface area contributed by atoms with Crippen LogP contribution >= 0.6 is 0 Å². The molecule has 2 unspecified atom stereocenters. The molecule has 4 aliphatic rings. The standard InChI is InChI=1S/2C4H3B2N2.2CH3.2Y/c2*1-3-6-4(8-3)5-2-7-4;;;;/h2*1H3;2*1H3;;/q4*-1;;. The minimum absolute atomic E-state index is 0. The summed E-state index contributed by atoms with van der Waals surface area (Å²) in [5, 5.41) is 0. The third-order valence-corrected chi connectivity index (χ3v) is 2.59. The summed E-state index contributed by atoms with van der Waals surface area (Å²) in [7, 11) is 7.76. The molecule has 0 amide bonds. The molecule has 0 saturated heterocycles. The van der Waals surface area contributed by atoms with Crippen LogP contribution in [-0.2, 0) is 65.4 Å². The number of nitrogens with zero attached hydrogens (tertiary/aromatic N) is 4. The monoisotopic (exact) mass is 410 g/mol. The molecular weight excluding hydrogens is 397 g/mol. The van der Waals surface area contributed by atoms with Crippen LogP contribution in [0.3, 0.4) is 0 Å². The zero-order valence-corrected chi connectivity index (χ0v) is 17.9. The fraction of sp³-hybridized carbons (Fsp3) is 0.400. The smallest absolute Gasteiger partial charge is 0.216 e. The van der Waals surface area contributed by atoms with E-state index in [1.54, 1.807) is 0 Å². The van der Waals surface area contributed by atoms with Crippen molar-refractivity contribution in [1.82, 2.24) is 0 Å². The molecule has 0 aliphatic carbocycles. The van der Waals surface area contributed by atoms with Crippen LogP contribution in [0.5, 0.6) is 0 Å². The first-order valence-corrected chi connectivity index (χ1v) is 5.10. The maximum absolute atomic E-state index is 4.14. The molecule has 20 heavy (non-hydrogen) atoms. The summed E-state index contributed by atoms with van der Waals surface area (Å²) < 4.78 is 0. The van der Waals surface area contributed by atoms with Gasteiger partial charge in [-0.05, 0) is 39.6 Å². The molecule has 0 saturated carbocycles. The first kappa shape index (κ1) is 23.4. The largest absolute Gasteiger partial charge is 0.502 e. The van der Waals surface area contributed by atoms with Crippen LogP contribution < -0.4 is 0 Å². The maximum atomic E-state index is 4.14. The molecule has 0 aromatic rings. The van der Waals surface area contributed by atoms with E-state index >= 15 is 0 Å². The van der Waals surface area contributed by atoms with Gasteiger partial charge in [0.15, 0.2) is 0 Å². The summed E-state index contributed by atoms with van der Waals surface area (Å²) in [4.78, 5) is 16.1. The van der Waals surface area contributed by atoms with Gasteiger partial charge in [-0.25, -0.2) is 0 Å². The van der Waals surface area contributed by atoms with Gasteiger partial charge in [-0.3, -0.25) is 9.98 Å². The Bertz CT molecular complexity index is 426. The third kappa shape index (κ3) is 4.57. The zero-order valence-electron chi connectivity index (χ0n) is 12.3. The Morgan fingerprint density at radius 1 is 0.800 bits per heavy atom. The second kappa shape index (κ2) is 8.69. The van der Waals surface area contributed by atoms with Gasteiger partial charge in [-0.2, -0.15) is 0 Å². The van der Waals surface area contributed by atoms with Crippen molar-refractivity contribution in [2.75, 3.05) is 0 Å². The van der Waals surface area contributed by atoms with Crippen molar-refractivity contribution in [2.45, 2.75) is 24.8 Å². The van der Waals surface area contributed by atoms with Crippen LogP contribution in [0.2, 0.25) is 0 Å². The first-order valence-electron chi connectivity index (χ1n) is 5.10. The second-order valence-electron chi connectivity index (χ2n) is 4.13. The van der Waals surface area contributed by atoms with Gasteiger partial charge in [0.2, 0.25) is 14.6 Å². The second-order valence-corrected chi connectivity index (χ2v) is 4.13. The van der Waals surface area contributed by atoms with Crippen LogP contribution in [0.25, 0.3) is 0 Å². The molecule has 0 aromatic heterocycles. The average molecular weight is 409 g/mol. The van der Waals surface area contributed by atoms with Gasteiger partial charge < -0.3 is 37.1 Å². The molecule has 0 N–H and O–H groups in total. The number of aliphatic imine (C=N–C) groups is 4. The van der Waals surface area contributed by atoms with Crippen LogP contribution in [-0.4, -0.2) is 63.5 Å². The van der Waals surface area contributed by atoms with E-state index in [1.165, 1.54) is 0 Å². The predicted molar refractivity (Wildman–Crippen MR) is 82.4 cm³/mol. The molecule has 0 fully saturated rings. The zero-order chi connectivity index (χ0) is 11.2. The molecule has 10 heteroatoms. The molecule has 4 rings (SSSR count). The van der Waals surface area contributed by atoms with Gasteiger partial charge >= 0.3 is 0 Å². The van der Waals surface area contributed by atoms with Crippen molar-refractivity contribution >= 4 is 52.6 Å². The summed E-state index contributed by atoms with van der Waals surface area (Å²) in [5.74, 6) is 0. The predicted octanol–water partition coefficient (Wildman–Crippen LogP) is -0.390.